The molecule has 0 aromatic carbocycles. The van der Waals surface area contributed by atoms with E-state index < -0.39 is 0 Å². The molecule has 112 valence electrons. The Morgan fingerprint density at radius 3 is 2.86 bits per heavy atom. The molecule has 1 aliphatic rings. The molecule has 1 N–H and O–H groups in total. The predicted octanol–water partition coefficient (Wildman–Crippen LogP) is 1.53. The molecule has 0 saturated carbocycles. The van der Waals surface area contributed by atoms with Crippen molar-refractivity contribution in [3.8, 4) is 0 Å². The molecule has 3 rings (SSSR count). The van der Waals surface area contributed by atoms with Crippen LogP contribution < -0.4 is 0 Å². The highest BCUT2D eigenvalue weighted by atomic mass is 35.5. The zero-order chi connectivity index (χ0) is 15.0. The SMILES string of the molecule is CN1CCN(C(=O)c2cc(Cl)c[nH]2)C[C@@H]1c1nccn1C. The molecule has 1 amide bonds. The molecule has 2 aromatic rings. The van der Waals surface area contributed by atoms with Gasteiger partial charge in [-0.2, -0.15) is 0 Å². The molecule has 0 spiro atoms. The maximum atomic E-state index is 12.5. The molecule has 1 atom stereocenters. The van der Waals surface area contributed by atoms with Crippen molar-refractivity contribution in [1.82, 2.24) is 24.3 Å². The van der Waals surface area contributed by atoms with Crippen molar-refractivity contribution in [1.29, 1.82) is 0 Å². The highest BCUT2D eigenvalue weighted by Gasteiger charge is 2.31. The Bertz CT molecular complexity index is 649. The number of aromatic nitrogens is 3. The molecule has 0 bridgehead atoms. The number of nitrogens with one attached hydrogen (secondary N) is 1. The summed E-state index contributed by atoms with van der Waals surface area (Å²) in [6.45, 7) is 2.14. The molecule has 0 aliphatic carbocycles. The van der Waals surface area contributed by atoms with Crippen molar-refractivity contribution in [2.45, 2.75) is 6.04 Å². The van der Waals surface area contributed by atoms with Gasteiger partial charge in [-0.15, -0.1) is 0 Å². The number of carbonyl (C=O) groups is 1. The number of nitrogens with zero attached hydrogens (tertiary/aromatic N) is 4. The lowest BCUT2D eigenvalue weighted by molar-refractivity contribution is 0.0524. The van der Waals surface area contributed by atoms with Gasteiger partial charge in [-0.3, -0.25) is 9.69 Å². The summed E-state index contributed by atoms with van der Waals surface area (Å²) in [7, 11) is 4.04. The topological polar surface area (TPSA) is 57.2 Å². The highest BCUT2D eigenvalue weighted by molar-refractivity contribution is 6.30. The molecule has 2 aromatic heterocycles. The van der Waals surface area contributed by atoms with Crippen LogP contribution in [0.5, 0.6) is 0 Å². The predicted molar refractivity (Wildman–Crippen MR) is 80.3 cm³/mol. The van der Waals surface area contributed by atoms with E-state index in [9.17, 15) is 4.79 Å². The lowest BCUT2D eigenvalue weighted by Crippen LogP contribution is -2.49. The number of H-pyrrole nitrogens is 1. The van der Waals surface area contributed by atoms with Crippen molar-refractivity contribution in [3.63, 3.8) is 0 Å². The van der Waals surface area contributed by atoms with Gasteiger partial charge in [0.25, 0.3) is 5.91 Å². The minimum absolute atomic E-state index is 0.0193. The lowest BCUT2D eigenvalue weighted by atomic mass is 10.1. The number of hydrogen-bond donors (Lipinski definition) is 1. The molecule has 1 aliphatic heterocycles. The van der Waals surface area contributed by atoms with Gasteiger partial charge in [-0.1, -0.05) is 11.6 Å². The number of halogens is 1. The number of aryl methyl sites for hydroxylation is 1. The van der Waals surface area contributed by atoms with Crippen LogP contribution in [-0.4, -0.2) is 56.9 Å². The summed E-state index contributed by atoms with van der Waals surface area (Å²) < 4.78 is 2.00. The molecule has 0 unspecified atom stereocenters. The van der Waals surface area contributed by atoms with Gasteiger partial charge in [0.05, 0.1) is 11.1 Å². The van der Waals surface area contributed by atoms with Gasteiger partial charge >= 0.3 is 0 Å². The van der Waals surface area contributed by atoms with E-state index in [0.29, 0.717) is 23.8 Å². The molecular weight excluding hydrogens is 290 g/mol. The Morgan fingerprint density at radius 1 is 1.43 bits per heavy atom. The molecule has 0 radical (unpaired) electrons. The second-order valence-corrected chi connectivity index (χ2v) is 5.81. The van der Waals surface area contributed by atoms with Crippen LogP contribution >= 0.6 is 11.6 Å². The maximum Gasteiger partial charge on any atom is 0.270 e. The summed E-state index contributed by atoms with van der Waals surface area (Å²) in [6.07, 6.45) is 5.34. The minimum atomic E-state index is -0.0193. The summed E-state index contributed by atoms with van der Waals surface area (Å²) in [5.41, 5.74) is 0.531. The van der Waals surface area contributed by atoms with Crippen LogP contribution in [-0.2, 0) is 7.05 Å². The number of aromatic amines is 1. The fourth-order valence-electron chi connectivity index (χ4n) is 2.70. The van der Waals surface area contributed by atoms with E-state index in [4.69, 9.17) is 11.6 Å². The van der Waals surface area contributed by atoms with E-state index in [0.717, 1.165) is 12.4 Å². The molecule has 7 heteroatoms. The second kappa shape index (κ2) is 5.54. The number of carbonyl (C=O) groups excluding carboxylic acids is 1. The third-order valence-electron chi connectivity index (χ3n) is 3.97. The molecule has 1 saturated heterocycles. The van der Waals surface area contributed by atoms with Gasteiger partial charge in [0.15, 0.2) is 0 Å². The summed E-state index contributed by atoms with van der Waals surface area (Å²) in [4.78, 5) is 23.9. The minimum Gasteiger partial charge on any atom is -0.356 e. The first-order valence-corrected chi connectivity index (χ1v) is 7.24. The van der Waals surface area contributed by atoms with Gasteiger partial charge in [0.2, 0.25) is 0 Å². The van der Waals surface area contributed by atoms with E-state index in [-0.39, 0.29) is 11.9 Å². The number of hydrogen-bond acceptors (Lipinski definition) is 3. The Labute approximate surface area is 128 Å². The largest absolute Gasteiger partial charge is 0.356 e. The number of amides is 1. The zero-order valence-electron chi connectivity index (χ0n) is 12.1. The Kier molecular flexibility index (Phi) is 3.73. The monoisotopic (exact) mass is 307 g/mol. The summed E-state index contributed by atoms with van der Waals surface area (Å²) in [6, 6.07) is 1.77. The van der Waals surface area contributed by atoms with E-state index in [1.54, 1.807) is 18.5 Å². The van der Waals surface area contributed by atoms with Crippen LogP contribution in [0.3, 0.4) is 0 Å². The highest BCUT2D eigenvalue weighted by Crippen LogP contribution is 2.23. The first kappa shape index (κ1) is 14.2. The van der Waals surface area contributed by atoms with Crippen LogP contribution in [0.2, 0.25) is 5.02 Å². The third kappa shape index (κ3) is 2.69. The normalized spacial score (nSPS) is 20.0. The van der Waals surface area contributed by atoms with Crippen LogP contribution in [0, 0.1) is 0 Å². The zero-order valence-corrected chi connectivity index (χ0v) is 12.8. The van der Waals surface area contributed by atoms with E-state index in [2.05, 4.69) is 21.9 Å². The fourth-order valence-corrected chi connectivity index (χ4v) is 2.86. The van der Waals surface area contributed by atoms with Crippen LogP contribution in [0.15, 0.2) is 24.7 Å². The molecular formula is C14H18ClN5O. The average molecular weight is 308 g/mol. The summed E-state index contributed by atoms with van der Waals surface area (Å²) in [5.74, 6) is 0.953. The summed E-state index contributed by atoms with van der Waals surface area (Å²) in [5, 5.41) is 0.549. The van der Waals surface area contributed by atoms with Crippen LogP contribution in [0.1, 0.15) is 22.4 Å². The van der Waals surface area contributed by atoms with Crippen molar-refractivity contribution in [2.24, 2.45) is 7.05 Å². The van der Waals surface area contributed by atoms with Crippen molar-refractivity contribution in [2.75, 3.05) is 26.7 Å². The number of likely N-dealkylation sites (N-methyl/N-ethyl adjacent to an activating group) is 1. The average Bonchev–Trinajstić information content (AvgIpc) is 3.07. The van der Waals surface area contributed by atoms with Gasteiger partial charge < -0.3 is 14.5 Å². The smallest absolute Gasteiger partial charge is 0.270 e. The lowest BCUT2D eigenvalue weighted by Gasteiger charge is -2.38. The van der Waals surface area contributed by atoms with E-state index in [1.807, 2.05) is 22.7 Å². The van der Waals surface area contributed by atoms with Crippen molar-refractivity contribution in [3.05, 3.63) is 41.2 Å². The first-order valence-electron chi connectivity index (χ1n) is 6.87. The Balaban J connectivity index is 1.80. The van der Waals surface area contributed by atoms with Gasteiger partial charge in [-0.25, -0.2) is 4.98 Å². The van der Waals surface area contributed by atoms with Crippen molar-refractivity contribution >= 4 is 17.5 Å². The second-order valence-electron chi connectivity index (χ2n) is 5.38. The van der Waals surface area contributed by atoms with Crippen molar-refractivity contribution < 1.29 is 4.79 Å². The van der Waals surface area contributed by atoms with Gasteiger partial charge in [-0.05, 0) is 13.1 Å². The number of piperazine rings is 1. The van der Waals surface area contributed by atoms with E-state index in [1.165, 1.54) is 0 Å². The maximum absolute atomic E-state index is 12.5. The van der Waals surface area contributed by atoms with Crippen LogP contribution in [0.25, 0.3) is 0 Å². The Morgan fingerprint density at radius 2 is 2.24 bits per heavy atom. The first-order chi connectivity index (χ1) is 10.1. The van der Waals surface area contributed by atoms with E-state index >= 15 is 0 Å². The number of imidazole rings is 1. The fraction of sp³-hybridized carbons (Fsp3) is 0.429. The molecule has 3 heterocycles. The van der Waals surface area contributed by atoms with Gasteiger partial charge in [0.1, 0.15) is 11.5 Å². The third-order valence-corrected chi connectivity index (χ3v) is 4.19. The number of rotatable bonds is 2. The van der Waals surface area contributed by atoms with Gasteiger partial charge in [0, 0.05) is 45.3 Å². The summed E-state index contributed by atoms with van der Waals surface area (Å²) >= 11 is 5.87. The molecule has 1 fully saturated rings. The Hall–Kier alpha value is -1.79. The molecule has 6 nitrogen and oxygen atoms in total. The quantitative estimate of drug-likeness (QED) is 0.915. The standard InChI is InChI=1S/C14H18ClN5O/c1-18-5-6-20(14(21)11-7-10(15)8-17-11)9-12(18)13-16-3-4-19(13)2/h3-4,7-8,12,17H,5-6,9H2,1-2H3/t12-/m1/s1. The molecule has 21 heavy (non-hydrogen) atoms. The van der Waals surface area contributed by atoms with Crippen LogP contribution in [0.4, 0.5) is 0 Å².